The second kappa shape index (κ2) is 6.35. The van der Waals surface area contributed by atoms with E-state index >= 15 is 0 Å². The normalized spacial score (nSPS) is 10.2. The van der Waals surface area contributed by atoms with E-state index in [9.17, 15) is 0 Å². The highest BCUT2D eigenvalue weighted by Gasteiger charge is 2.07. The van der Waals surface area contributed by atoms with Gasteiger partial charge in [0.15, 0.2) is 0 Å². The Morgan fingerprint density at radius 3 is 2.95 bits per heavy atom. The zero-order valence-corrected chi connectivity index (χ0v) is 12.0. The van der Waals surface area contributed by atoms with Crippen LogP contribution < -0.4 is 4.74 Å². The molecule has 0 N–H and O–H groups in total. The Balaban J connectivity index is 1.89. The van der Waals surface area contributed by atoms with Gasteiger partial charge in [0.1, 0.15) is 5.75 Å². The Morgan fingerprint density at radius 1 is 1.37 bits per heavy atom. The van der Waals surface area contributed by atoms with Gasteiger partial charge < -0.3 is 4.74 Å². The van der Waals surface area contributed by atoms with Crippen molar-refractivity contribution >= 4 is 11.3 Å². The van der Waals surface area contributed by atoms with Crippen LogP contribution >= 0.6 is 11.3 Å². The molecule has 98 valence electrons. The van der Waals surface area contributed by atoms with Gasteiger partial charge in [0.25, 0.3) is 0 Å². The largest absolute Gasteiger partial charge is 0.493 e. The van der Waals surface area contributed by atoms with Crippen molar-refractivity contribution in [1.82, 2.24) is 4.98 Å². The van der Waals surface area contributed by atoms with Crippen LogP contribution in [-0.2, 0) is 12.8 Å². The van der Waals surface area contributed by atoms with E-state index in [-0.39, 0.29) is 0 Å². The minimum atomic E-state index is 0.447. The van der Waals surface area contributed by atoms with Crippen molar-refractivity contribution < 1.29 is 4.74 Å². The minimum absolute atomic E-state index is 0.447. The number of benzene rings is 1. The SMILES string of the molecule is Cc1cccc(OCCc2nc(C)c(CC#N)s2)c1. The van der Waals surface area contributed by atoms with Crippen molar-refractivity contribution in [3.8, 4) is 11.8 Å². The summed E-state index contributed by atoms with van der Waals surface area (Å²) in [6.07, 6.45) is 1.23. The van der Waals surface area contributed by atoms with Gasteiger partial charge in [-0.15, -0.1) is 11.3 Å². The fraction of sp³-hybridized carbons (Fsp3) is 0.333. The third kappa shape index (κ3) is 3.80. The molecule has 0 radical (unpaired) electrons. The molecule has 0 atom stereocenters. The van der Waals surface area contributed by atoms with Gasteiger partial charge in [0, 0.05) is 11.3 Å². The molecule has 2 rings (SSSR count). The Bertz CT molecular complexity index is 598. The molecule has 19 heavy (non-hydrogen) atoms. The molecule has 1 aromatic carbocycles. The van der Waals surface area contributed by atoms with E-state index in [2.05, 4.69) is 11.1 Å². The second-order valence-corrected chi connectivity index (χ2v) is 5.53. The van der Waals surface area contributed by atoms with Crippen molar-refractivity contribution in [2.45, 2.75) is 26.7 Å². The number of aryl methyl sites for hydroxylation is 2. The lowest BCUT2D eigenvalue weighted by molar-refractivity contribution is 0.321. The molecule has 0 saturated heterocycles. The van der Waals surface area contributed by atoms with Gasteiger partial charge in [-0.05, 0) is 31.5 Å². The van der Waals surface area contributed by atoms with Crippen LogP contribution in [0.5, 0.6) is 5.75 Å². The van der Waals surface area contributed by atoms with Crippen molar-refractivity contribution in [2.24, 2.45) is 0 Å². The van der Waals surface area contributed by atoms with E-state index in [1.807, 2.05) is 38.1 Å². The van der Waals surface area contributed by atoms with Gasteiger partial charge in [-0.2, -0.15) is 5.26 Å². The molecule has 3 nitrogen and oxygen atoms in total. The number of thiazole rings is 1. The predicted molar refractivity (Wildman–Crippen MR) is 76.5 cm³/mol. The minimum Gasteiger partial charge on any atom is -0.493 e. The number of aromatic nitrogens is 1. The summed E-state index contributed by atoms with van der Waals surface area (Å²) in [5, 5.41) is 9.75. The van der Waals surface area contributed by atoms with Crippen molar-refractivity contribution in [1.29, 1.82) is 5.26 Å². The molecular formula is C15H16N2OS. The fourth-order valence-electron chi connectivity index (χ4n) is 1.79. The summed E-state index contributed by atoms with van der Waals surface area (Å²) in [7, 11) is 0. The lowest BCUT2D eigenvalue weighted by Gasteiger charge is -2.05. The summed E-state index contributed by atoms with van der Waals surface area (Å²) in [6, 6.07) is 10.2. The lowest BCUT2D eigenvalue weighted by Crippen LogP contribution is -2.01. The van der Waals surface area contributed by atoms with E-state index in [4.69, 9.17) is 10.00 Å². The molecule has 2 aromatic rings. The first-order valence-corrected chi connectivity index (χ1v) is 7.02. The first-order valence-electron chi connectivity index (χ1n) is 6.20. The molecule has 1 aromatic heterocycles. The summed E-state index contributed by atoms with van der Waals surface area (Å²) in [4.78, 5) is 5.53. The number of hydrogen-bond donors (Lipinski definition) is 0. The quantitative estimate of drug-likeness (QED) is 0.837. The van der Waals surface area contributed by atoms with Crippen LogP contribution in [0.2, 0.25) is 0 Å². The summed E-state index contributed by atoms with van der Waals surface area (Å²) >= 11 is 1.61. The monoisotopic (exact) mass is 272 g/mol. The Kier molecular flexibility index (Phi) is 4.53. The predicted octanol–water partition coefficient (Wildman–Crippen LogP) is 3.45. The maximum Gasteiger partial charge on any atom is 0.119 e. The molecule has 0 aliphatic rings. The van der Waals surface area contributed by atoms with Gasteiger partial charge in [-0.1, -0.05) is 12.1 Å². The lowest BCUT2D eigenvalue weighted by atomic mass is 10.2. The number of ether oxygens (including phenoxy) is 1. The van der Waals surface area contributed by atoms with Crippen molar-refractivity contribution in [2.75, 3.05) is 6.61 Å². The van der Waals surface area contributed by atoms with Gasteiger partial charge in [-0.3, -0.25) is 0 Å². The van der Waals surface area contributed by atoms with Crippen LogP contribution in [0.15, 0.2) is 24.3 Å². The molecule has 0 bridgehead atoms. The molecule has 0 saturated carbocycles. The number of rotatable bonds is 5. The summed E-state index contributed by atoms with van der Waals surface area (Å²) in [5.74, 6) is 0.894. The molecule has 0 aliphatic heterocycles. The Hall–Kier alpha value is -1.86. The molecule has 4 heteroatoms. The molecule has 0 amide bonds. The molecule has 0 fully saturated rings. The van der Waals surface area contributed by atoms with Crippen molar-refractivity contribution in [3.05, 3.63) is 45.4 Å². The summed E-state index contributed by atoms with van der Waals surface area (Å²) < 4.78 is 5.70. The summed E-state index contributed by atoms with van der Waals surface area (Å²) in [5.41, 5.74) is 2.16. The number of hydrogen-bond acceptors (Lipinski definition) is 4. The van der Waals surface area contributed by atoms with Crippen molar-refractivity contribution in [3.63, 3.8) is 0 Å². The third-order valence-electron chi connectivity index (χ3n) is 2.75. The van der Waals surface area contributed by atoms with Gasteiger partial charge >= 0.3 is 0 Å². The van der Waals surface area contributed by atoms with Crippen LogP contribution in [-0.4, -0.2) is 11.6 Å². The number of nitriles is 1. The fourth-order valence-corrected chi connectivity index (χ4v) is 2.77. The standard InChI is InChI=1S/C15H16N2OS/c1-11-4-3-5-13(10-11)18-9-7-15-17-12(2)14(19-15)6-8-16/h3-5,10H,6-7,9H2,1-2H3. The Labute approximate surface area is 117 Å². The highest BCUT2D eigenvalue weighted by Crippen LogP contribution is 2.19. The van der Waals surface area contributed by atoms with Crippen LogP contribution in [0, 0.1) is 25.2 Å². The maximum absolute atomic E-state index is 8.71. The first kappa shape index (κ1) is 13.6. The van der Waals surface area contributed by atoms with E-state index in [0.717, 1.165) is 27.7 Å². The topological polar surface area (TPSA) is 45.9 Å². The van der Waals surface area contributed by atoms with Gasteiger partial charge in [0.05, 0.1) is 29.8 Å². The van der Waals surface area contributed by atoms with E-state index < -0.39 is 0 Å². The smallest absolute Gasteiger partial charge is 0.119 e. The van der Waals surface area contributed by atoms with Crippen LogP contribution in [0.25, 0.3) is 0 Å². The molecule has 0 aliphatic carbocycles. The molecule has 0 unspecified atom stereocenters. The highest BCUT2D eigenvalue weighted by molar-refractivity contribution is 7.11. The molecule has 1 heterocycles. The maximum atomic E-state index is 8.71. The van der Waals surface area contributed by atoms with E-state index in [1.54, 1.807) is 11.3 Å². The first-order chi connectivity index (χ1) is 9.19. The average molecular weight is 272 g/mol. The average Bonchev–Trinajstić information content (AvgIpc) is 2.71. The Morgan fingerprint density at radius 2 is 2.21 bits per heavy atom. The summed E-state index contributed by atoms with van der Waals surface area (Å²) in [6.45, 7) is 4.61. The number of nitrogens with zero attached hydrogens (tertiary/aromatic N) is 2. The zero-order chi connectivity index (χ0) is 13.7. The van der Waals surface area contributed by atoms with Crippen LogP contribution in [0.3, 0.4) is 0 Å². The third-order valence-corrected chi connectivity index (χ3v) is 3.97. The van der Waals surface area contributed by atoms with Gasteiger partial charge in [-0.25, -0.2) is 4.98 Å². The van der Waals surface area contributed by atoms with Crippen LogP contribution in [0.1, 0.15) is 21.1 Å². The van der Waals surface area contributed by atoms with Crippen LogP contribution in [0.4, 0.5) is 0 Å². The van der Waals surface area contributed by atoms with E-state index in [0.29, 0.717) is 13.0 Å². The second-order valence-electron chi connectivity index (χ2n) is 4.37. The molecule has 0 spiro atoms. The zero-order valence-electron chi connectivity index (χ0n) is 11.1. The molecular weight excluding hydrogens is 256 g/mol. The van der Waals surface area contributed by atoms with Gasteiger partial charge in [0.2, 0.25) is 0 Å². The van der Waals surface area contributed by atoms with E-state index in [1.165, 1.54) is 5.56 Å². The highest BCUT2D eigenvalue weighted by atomic mass is 32.1.